The second kappa shape index (κ2) is 10.8. The lowest BCUT2D eigenvalue weighted by Crippen LogP contribution is -2.33. The molecule has 1 heteroatoms. The summed E-state index contributed by atoms with van der Waals surface area (Å²) in [6.07, 6.45) is 11.1. The summed E-state index contributed by atoms with van der Waals surface area (Å²) in [5.41, 5.74) is 1.61. The molecule has 0 aromatic heterocycles. The summed E-state index contributed by atoms with van der Waals surface area (Å²) in [4.78, 5) is 0. The molecule has 0 aromatic carbocycles. The van der Waals surface area contributed by atoms with E-state index in [0.717, 1.165) is 11.5 Å². The zero-order valence-electron chi connectivity index (χ0n) is 15.4. The number of allylic oxidation sites excluding steroid dienone is 3. The minimum Gasteiger partial charge on any atom is -0.396 e. The number of aliphatic hydroxyl groups excluding tert-OH is 1. The smallest absolute Gasteiger partial charge is 0.0459 e. The molecule has 1 rings (SSSR count). The first-order valence-corrected chi connectivity index (χ1v) is 8.81. The number of aliphatic hydroxyl groups is 1. The molecule has 1 nitrogen and oxygen atoms in total. The SMILES string of the molecule is C=CC.C=CC(=C)C(C)CCC[C@@H]1CC(CO)CCC1(C)C. The first kappa shape index (κ1) is 21.2. The highest BCUT2D eigenvalue weighted by Crippen LogP contribution is 2.45. The summed E-state index contributed by atoms with van der Waals surface area (Å²) in [5.74, 6) is 1.86. The number of hydrogen-bond acceptors (Lipinski definition) is 1. The van der Waals surface area contributed by atoms with Crippen molar-refractivity contribution in [1.29, 1.82) is 0 Å². The van der Waals surface area contributed by atoms with Crippen molar-refractivity contribution in [2.45, 2.75) is 66.2 Å². The number of rotatable bonds is 7. The van der Waals surface area contributed by atoms with Crippen LogP contribution in [0.2, 0.25) is 0 Å². The molecule has 0 aliphatic heterocycles. The molecule has 0 bridgehead atoms. The van der Waals surface area contributed by atoms with E-state index in [2.05, 4.69) is 40.5 Å². The van der Waals surface area contributed by atoms with E-state index in [1.54, 1.807) is 6.08 Å². The Balaban J connectivity index is 0.00000135. The van der Waals surface area contributed by atoms with Gasteiger partial charge in [0.1, 0.15) is 0 Å². The van der Waals surface area contributed by atoms with Crippen molar-refractivity contribution in [3.63, 3.8) is 0 Å². The quantitative estimate of drug-likeness (QED) is 0.441. The van der Waals surface area contributed by atoms with Crippen LogP contribution in [0.25, 0.3) is 0 Å². The molecule has 0 aromatic rings. The normalized spacial score (nSPS) is 24.6. The van der Waals surface area contributed by atoms with Crippen molar-refractivity contribution < 1.29 is 5.11 Å². The van der Waals surface area contributed by atoms with Crippen molar-refractivity contribution in [3.05, 3.63) is 37.5 Å². The summed E-state index contributed by atoms with van der Waals surface area (Å²) in [7, 11) is 0. The molecule has 0 heterocycles. The predicted octanol–water partition coefficient (Wildman–Crippen LogP) is 6.16. The molecule has 0 saturated heterocycles. The molecule has 1 N–H and O–H groups in total. The van der Waals surface area contributed by atoms with Crippen molar-refractivity contribution in [2.75, 3.05) is 6.61 Å². The van der Waals surface area contributed by atoms with Crippen LogP contribution in [-0.4, -0.2) is 11.7 Å². The van der Waals surface area contributed by atoms with Crippen LogP contribution in [0.4, 0.5) is 0 Å². The van der Waals surface area contributed by atoms with Crippen molar-refractivity contribution in [1.82, 2.24) is 0 Å². The van der Waals surface area contributed by atoms with Gasteiger partial charge in [-0.15, -0.1) is 6.58 Å². The minimum absolute atomic E-state index is 0.371. The summed E-state index contributed by atoms with van der Waals surface area (Å²) in [5, 5.41) is 9.37. The summed E-state index contributed by atoms with van der Waals surface area (Å²) in [6.45, 7) is 20.5. The topological polar surface area (TPSA) is 20.2 Å². The van der Waals surface area contributed by atoms with Gasteiger partial charge < -0.3 is 5.11 Å². The van der Waals surface area contributed by atoms with Gasteiger partial charge in [-0.1, -0.05) is 58.1 Å². The highest BCUT2D eigenvalue weighted by Gasteiger charge is 2.35. The summed E-state index contributed by atoms with van der Waals surface area (Å²) < 4.78 is 0. The molecule has 22 heavy (non-hydrogen) atoms. The Morgan fingerprint density at radius 2 is 1.95 bits per heavy atom. The molecule has 0 spiro atoms. The molecule has 2 unspecified atom stereocenters. The van der Waals surface area contributed by atoms with Crippen LogP contribution in [0, 0.1) is 23.2 Å². The molecule has 0 radical (unpaired) electrons. The van der Waals surface area contributed by atoms with Crippen LogP contribution < -0.4 is 0 Å². The summed E-state index contributed by atoms with van der Waals surface area (Å²) in [6, 6.07) is 0. The molecule has 1 aliphatic rings. The van der Waals surface area contributed by atoms with Crippen molar-refractivity contribution in [2.24, 2.45) is 23.2 Å². The highest BCUT2D eigenvalue weighted by atomic mass is 16.3. The second-order valence-corrected chi connectivity index (χ2v) is 7.53. The fraction of sp³-hybridized carbons (Fsp3) is 0.714. The zero-order chi connectivity index (χ0) is 17.2. The van der Waals surface area contributed by atoms with Crippen LogP contribution in [0.1, 0.15) is 66.2 Å². The van der Waals surface area contributed by atoms with Crippen molar-refractivity contribution in [3.8, 4) is 0 Å². The molecule has 128 valence electrons. The fourth-order valence-corrected chi connectivity index (χ4v) is 3.35. The summed E-state index contributed by atoms with van der Waals surface area (Å²) >= 11 is 0. The highest BCUT2D eigenvalue weighted by molar-refractivity contribution is 5.13. The van der Waals surface area contributed by atoms with Crippen LogP contribution in [0.15, 0.2) is 37.5 Å². The average Bonchev–Trinajstić information content (AvgIpc) is 2.48. The van der Waals surface area contributed by atoms with Gasteiger partial charge in [0.2, 0.25) is 0 Å². The molecule has 1 saturated carbocycles. The Bertz CT molecular complexity index is 340. The van der Waals surface area contributed by atoms with Gasteiger partial charge in [0.05, 0.1) is 0 Å². The monoisotopic (exact) mass is 306 g/mol. The molecular weight excluding hydrogens is 268 g/mol. The molecule has 1 fully saturated rings. The van der Waals surface area contributed by atoms with E-state index in [1.807, 2.05) is 13.0 Å². The van der Waals surface area contributed by atoms with Gasteiger partial charge in [-0.3, -0.25) is 0 Å². The molecular formula is C21H38O. The Labute approximate surface area is 139 Å². The third kappa shape index (κ3) is 7.45. The van der Waals surface area contributed by atoms with E-state index >= 15 is 0 Å². The van der Waals surface area contributed by atoms with Gasteiger partial charge >= 0.3 is 0 Å². The van der Waals surface area contributed by atoms with E-state index in [0.29, 0.717) is 23.9 Å². The maximum atomic E-state index is 9.37. The Morgan fingerprint density at radius 3 is 2.45 bits per heavy atom. The third-order valence-corrected chi connectivity index (χ3v) is 5.26. The molecule has 3 atom stereocenters. The molecule has 1 aliphatic carbocycles. The van der Waals surface area contributed by atoms with Gasteiger partial charge in [-0.25, -0.2) is 0 Å². The van der Waals surface area contributed by atoms with Crippen LogP contribution in [-0.2, 0) is 0 Å². The lowest BCUT2D eigenvalue weighted by molar-refractivity contribution is 0.0608. The lowest BCUT2D eigenvalue weighted by Gasteiger charge is -2.42. The van der Waals surface area contributed by atoms with E-state index in [-0.39, 0.29) is 0 Å². The zero-order valence-corrected chi connectivity index (χ0v) is 15.4. The predicted molar refractivity (Wildman–Crippen MR) is 99.9 cm³/mol. The Hall–Kier alpha value is -0.820. The van der Waals surface area contributed by atoms with Gasteiger partial charge in [0.15, 0.2) is 0 Å². The first-order valence-electron chi connectivity index (χ1n) is 8.81. The standard InChI is InChI=1S/C18H32O.C3H6/c1-6-14(2)15(3)8-7-9-17-12-16(13-19)10-11-18(17,4)5;1-3-2/h6,15-17,19H,1-2,7-13H2,3-5H3;3H,1H2,2H3/t15?,16?,17-;/m1./s1. The van der Waals surface area contributed by atoms with Crippen LogP contribution >= 0.6 is 0 Å². The third-order valence-electron chi connectivity index (χ3n) is 5.26. The van der Waals surface area contributed by atoms with Crippen LogP contribution in [0.3, 0.4) is 0 Å². The lowest BCUT2D eigenvalue weighted by atomic mass is 9.64. The maximum absolute atomic E-state index is 9.37. The minimum atomic E-state index is 0.371. The Morgan fingerprint density at radius 1 is 1.36 bits per heavy atom. The van der Waals surface area contributed by atoms with Gasteiger partial charge in [-0.2, -0.15) is 0 Å². The van der Waals surface area contributed by atoms with Gasteiger partial charge in [-0.05, 0) is 62.2 Å². The molecule has 0 amide bonds. The second-order valence-electron chi connectivity index (χ2n) is 7.53. The van der Waals surface area contributed by atoms with Gasteiger partial charge in [0.25, 0.3) is 0 Å². The van der Waals surface area contributed by atoms with Crippen LogP contribution in [0.5, 0.6) is 0 Å². The maximum Gasteiger partial charge on any atom is 0.0459 e. The van der Waals surface area contributed by atoms with E-state index in [1.165, 1.54) is 38.5 Å². The average molecular weight is 307 g/mol. The van der Waals surface area contributed by atoms with E-state index in [9.17, 15) is 5.11 Å². The van der Waals surface area contributed by atoms with E-state index < -0.39 is 0 Å². The fourth-order valence-electron chi connectivity index (χ4n) is 3.35. The Kier molecular flexibility index (Phi) is 10.4. The largest absolute Gasteiger partial charge is 0.396 e. The van der Waals surface area contributed by atoms with Gasteiger partial charge in [0, 0.05) is 6.61 Å². The first-order chi connectivity index (χ1) is 10.3. The number of hydrogen-bond donors (Lipinski definition) is 1. The van der Waals surface area contributed by atoms with E-state index in [4.69, 9.17) is 0 Å². The van der Waals surface area contributed by atoms with Crippen molar-refractivity contribution >= 4 is 0 Å².